The second-order valence-electron chi connectivity index (χ2n) is 10.6. The molecule has 3 atom stereocenters. The Labute approximate surface area is 253 Å². The molecule has 3 unspecified atom stereocenters. The van der Waals surface area contributed by atoms with Crippen LogP contribution in [-0.4, -0.2) is 66.4 Å². The fourth-order valence-corrected chi connectivity index (χ4v) is 5.82. The Morgan fingerprint density at radius 3 is 2.19 bits per heavy atom. The van der Waals surface area contributed by atoms with Gasteiger partial charge in [0.25, 0.3) is 0 Å². The lowest BCUT2D eigenvalue weighted by Crippen LogP contribution is -2.49. The van der Waals surface area contributed by atoms with E-state index in [4.69, 9.17) is 32.9 Å². The molecule has 0 bridgehead atoms. The number of benzene rings is 3. The van der Waals surface area contributed by atoms with Crippen molar-refractivity contribution in [2.75, 3.05) is 33.8 Å². The number of ether oxygens (including phenoxy) is 1. The molecule has 2 aliphatic rings. The summed E-state index contributed by atoms with van der Waals surface area (Å²) in [7, 11) is 3.76. The van der Waals surface area contributed by atoms with E-state index in [-0.39, 0.29) is 30.3 Å². The second-order valence-corrected chi connectivity index (χ2v) is 11.4. The summed E-state index contributed by atoms with van der Waals surface area (Å²) in [5, 5.41) is 1.08. The zero-order valence-corrected chi connectivity index (χ0v) is 24.9. The SMILES string of the molecule is CCOc1cc(C(F)(F)F)ccc1C1=NC(c2ccc(Cl)cc2)C(c2ccc(Cl)cc2)N1C(=O)N(C)C1CCN(C)C1. The number of amidine groups is 1. The Kier molecular flexibility index (Phi) is 8.73. The first-order valence-electron chi connectivity index (χ1n) is 13.7. The molecule has 0 radical (unpaired) electrons. The van der Waals surface area contributed by atoms with Gasteiger partial charge in [-0.25, -0.2) is 4.79 Å². The number of aliphatic imine (C=N–C) groups is 1. The van der Waals surface area contributed by atoms with Crippen LogP contribution in [0.2, 0.25) is 10.0 Å². The summed E-state index contributed by atoms with van der Waals surface area (Å²) in [6, 6.07) is 16.1. The van der Waals surface area contributed by atoms with Crippen LogP contribution in [0.4, 0.5) is 18.0 Å². The Balaban J connectivity index is 1.70. The molecular formula is C31H31Cl2F3N4O2. The van der Waals surface area contributed by atoms with Crippen molar-refractivity contribution in [1.82, 2.24) is 14.7 Å². The number of likely N-dealkylation sites (N-methyl/N-ethyl adjacent to an activating group) is 2. The molecule has 0 aliphatic carbocycles. The van der Waals surface area contributed by atoms with E-state index in [1.807, 2.05) is 31.3 Å². The van der Waals surface area contributed by atoms with Crippen molar-refractivity contribution in [2.45, 2.75) is 37.6 Å². The predicted octanol–water partition coefficient (Wildman–Crippen LogP) is 7.71. The average molecular weight is 620 g/mol. The first-order valence-corrected chi connectivity index (χ1v) is 14.4. The second kappa shape index (κ2) is 12.1. The Morgan fingerprint density at radius 2 is 1.64 bits per heavy atom. The van der Waals surface area contributed by atoms with Crippen LogP contribution in [0.25, 0.3) is 0 Å². The van der Waals surface area contributed by atoms with E-state index < -0.39 is 23.8 Å². The largest absolute Gasteiger partial charge is 0.493 e. The number of rotatable bonds is 6. The van der Waals surface area contributed by atoms with Crippen LogP contribution in [0.3, 0.4) is 0 Å². The molecule has 2 aliphatic heterocycles. The first kappa shape index (κ1) is 30.2. The van der Waals surface area contributed by atoms with Crippen molar-refractivity contribution in [1.29, 1.82) is 0 Å². The quantitative estimate of drug-likeness (QED) is 0.284. The highest BCUT2D eigenvalue weighted by Crippen LogP contribution is 2.46. The molecule has 0 aromatic heterocycles. The summed E-state index contributed by atoms with van der Waals surface area (Å²) in [6.07, 6.45) is -3.76. The molecular weight excluding hydrogens is 588 g/mol. The van der Waals surface area contributed by atoms with E-state index in [9.17, 15) is 18.0 Å². The van der Waals surface area contributed by atoms with Crippen molar-refractivity contribution >= 4 is 35.1 Å². The highest BCUT2D eigenvalue weighted by molar-refractivity contribution is 6.30. The van der Waals surface area contributed by atoms with Crippen molar-refractivity contribution in [3.8, 4) is 5.75 Å². The summed E-state index contributed by atoms with van der Waals surface area (Å²) in [6.45, 7) is 3.38. The number of hydrogen-bond donors (Lipinski definition) is 0. The topological polar surface area (TPSA) is 48.4 Å². The Bertz CT molecular complexity index is 1460. The van der Waals surface area contributed by atoms with Gasteiger partial charge in [-0.1, -0.05) is 47.5 Å². The molecule has 6 nitrogen and oxygen atoms in total. The molecule has 0 N–H and O–H groups in total. The molecule has 2 heterocycles. The average Bonchev–Trinajstić information content (AvgIpc) is 3.57. The van der Waals surface area contributed by atoms with Crippen LogP contribution in [0.1, 0.15) is 47.7 Å². The van der Waals surface area contributed by atoms with E-state index >= 15 is 0 Å². The van der Waals surface area contributed by atoms with Crippen molar-refractivity contribution in [2.24, 2.45) is 4.99 Å². The normalized spacial score (nSPS) is 21.0. The number of nitrogens with zero attached hydrogens (tertiary/aromatic N) is 4. The molecule has 1 fully saturated rings. The van der Waals surface area contributed by atoms with Gasteiger partial charge >= 0.3 is 12.2 Å². The van der Waals surface area contributed by atoms with Gasteiger partial charge in [0.2, 0.25) is 0 Å². The van der Waals surface area contributed by atoms with E-state index in [1.54, 1.807) is 48.0 Å². The van der Waals surface area contributed by atoms with Crippen molar-refractivity contribution in [3.63, 3.8) is 0 Å². The summed E-state index contributed by atoms with van der Waals surface area (Å²) < 4.78 is 46.8. The van der Waals surface area contributed by atoms with Gasteiger partial charge in [-0.2, -0.15) is 13.2 Å². The molecule has 222 valence electrons. The molecule has 11 heteroatoms. The Hall–Kier alpha value is -3.27. The third-order valence-corrected chi connectivity index (χ3v) is 8.27. The monoisotopic (exact) mass is 618 g/mol. The maximum absolute atomic E-state index is 14.5. The highest BCUT2D eigenvalue weighted by Gasteiger charge is 2.45. The minimum atomic E-state index is -4.57. The smallest absolute Gasteiger partial charge is 0.416 e. The fraction of sp³-hybridized carbons (Fsp3) is 0.355. The molecule has 1 saturated heterocycles. The molecule has 5 rings (SSSR count). The summed E-state index contributed by atoms with van der Waals surface area (Å²) in [5.74, 6) is 0.231. The van der Waals surface area contributed by atoms with Gasteiger partial charge in [-0.3, -0.25) is 9.89 Å². The minimum Gasteiger partial charge on any atom is -0.493 e. The first-order chi connectivity index (χ1) is 20.0. The molecule has 0 saturated carbocycles. The van der Waals surface area contributed by atoms with Gasteiger partial charge in [-0.05, 0) is 80.5 Å². The number of carbonyl (C=O) groups excluding carboxylic acids is 1. The predicted molar refractivity (Wildman–Crippen MR) is 158 cm³/mol. The molecule has 3 aromatic carbocycles. The zero-order chi connectivity index (χ0) is 30.2. The third-order valence-electron chi connectivity index (χ3n) is 7.76. The number of urea groups is 1. The van der Waals surface area contributed by atoms with Gasteiger partial charge in [0.15, 0.2) is 0 Å². The number of alkyl halides is 3. The number of hydrogen-bond acceptors (Lipinski definition) is 4. The van der Waals surface area contributed by atoms with E-state index in [2.05, 4.69) is 4.90 Å². The third kappa shape index (κ3) is 6.09. The molecule has 0 spiro atoms. The summed E-state index contributed by atoms with van der Waals surface area (Å²) in [4.78, 5) is 25.0. The maximum Gasteiger partial charge on any atom is 0.416 e. The maximum atomic E-state index is 14.5. The summed E-state index contributed by atoms with van der Waals surface area (Å²) in [5.41, 5.74) is 1.01. The van der Waals surface area contributed by atoms with E-state index in [1.165, 1.54) is 6.07 Å². The molecule has 3 aromatic rings. The number of carbonyl (C=O) groups is 1. The van der Waals surface area contributed by atoms with Crippen molar-refractivity contribution in [3.05, 3.63) is 99.0 Å². The van der Waals surface area contributed by atoms with Crippen LogP contribution in [0.5, 0.6) is 5.75 Å². The van der Waals surface area contributed by atoms with Crippen LogP contribution in [-0.2, 0) is 6.18 Å². The summed E-state index contributed by atoms with van der Waals surface area (Å²) >= 11 is 12.4. The van der Waals surface area contributed by atoms with Crippen molar-refractivity contribution < 1.29 is 22.7 Å². The fourth-order valence-electron chi connectivity index (χ4n) is 5.57. The van der Waals surface area contributed by atoms with Gasteiger partial charge in [-0.15, -0.1) is 0 Å². The lowest BCUT2D eigenvalue weighted by atomic mass is 9.93. The van der Waals surface area contributed by atoms with Crippen LogP contribution < -0.4 is 4.74 Å². The molecule has 42 heavy (non-hydrogen) atoms. The zero-order valence-electron chi connectivity index (χ0n) is 23.4. The van der Waals surface area contributed by atoms with Crippen LogP contribution in [0.15, 0.2) is 71.7 Å². The van der Waals surface area contributed by atoms with Crippen LogP contribution in [0, 0.1) is 0 Å². The van der Waals surface area contributed by atoms with Crippen LogP contribution >= 0.6 is 23.2 Å². The Morgan fingerprint density at radius 1 is 1.02 bits per heavy atom. The molecule has 2 amide bonds. The number of halogens is 5. The van der Waals surface area contributed by atoms with E-state index in [0.29, 0.717) is 22.2 Å². The standard InChI is InChI=1S/C31H31Cl2F3N4O2/c1-4-42-26-17-21(31(34,35)36)9-14-25(26)29-37-27(19-5-10-22(32)11-6-19)28(20-7-12-23(33)13-8-20)40(29)30(41)39(3)24-15-16-38(2)18-24/h5-14,17,24,27-28H,4,15-16,18H2,1-3H3. The van der Waals surface area contributed by atoms with Gasteiger partial charge in [0.1, 0.15) is 17.6 Å². The lowest BCUT2D eigenvalue weighted by Gasteiger charge is -2.35. The number of likely N-dealkylation sites (tertiary alicyclic amines) is 1. The van der Waals surface area contributed by atoms with Gasteiger partial charge < -0.3 is 14.5 Å². The van der Waals surface area contributed by atoms with Gasteiger partial charge in [0.05, 0.1) is 23.8 Å². The van der Waals surface area contributed by atoms with Gasteiger partial charge in [0, 0.05) is 29.7 Å². The minimum absolute atomic E-state index is 0.00117. The lowest BCUT2D eigenvalue weighted by molar-refractivity contribution is -0.137. The van der Waals surface area contributed by atoms with E-state index in [0.717, 1.165) is 36.2 Å². The highest BCUT2D eigenvalue weighted by atomic mass is 35.5. The number of amides is 2.